The topological polar surface area (TPSA) is 81.1 Å². The first kappa shape index (κ1) is 18.6. The Labute approximate surface area is 154 Å². The van der Waals surface area contributed by atoms with Gasteiger partial charge in [-0.15, -0.1) is 0 Å². The van der Waals surface area contributed by atoms with Crippen LogP contribution in [0.25, 0.3) is 0 Å². The number of hydrogen-bond acceptors (Lipinski definition) is 4. The van der Waals surface area contributed by atoms with Crippen LogP contribution in [0.3, 0.4) is 0 Å². The summed E-state index contributed by atoms with van der Waals surface area (Å²) in [7, 11) is -2.97. The number of hydrogen-bond donors (Lipinski definition) is 1. The molecule has 1 aliphatic rings. The van der Waals surface area contributed by atoms with E-state index >= 15 is 0 Å². The summed E-state index contributed by atoms with van der Waals surface area (Å²) >= 11 is 0. The van der Waals surface area contributed by atoms with Crippen LogP contribution in [0.4, 0.5) is 5.69 Å². The summed E-state index contributed by atoms with van der Waals surface area (Å²) in [6.07, 6.45) is 1.77. The first-order chi connectivity index (χ1) is 12.3. The summed E-state index contributed by atoms with van der Waals surface area (Å²) in [5.74, 6) is 0.239. The van der Waals surface area contributed by atoms with E-state index in [0.29, 0.717) is 6.42 Å². The number of carbonyl (C=O) groups is 1. The van der Waals surface area contributed by atoms with Crippen molar-refractivity contribution < 1.29 is 13.2 Å². The van der Waals surface area contributed by atoms with Gasteiger partial charge in [0.15, 0.2) is 9.84 Å². The van der Waals surface area contributed by atoms with E-state index < -0.39 is 9.84 Å². The molecule has 3 rings (SSSR count). The van der Waals surface area contributed by atoms with E-state index in [4.69, 9.17) is 0 Å². The average Bonchev–Trinajstić information content (AvgIpc) is 3.09. The van der Waals surface area contributed by atoms with E-state index in [1.54, 1.807) is 4.68 Å². The van der Waals surface area contributed by atoms with Gasteiger partial charge in [-0.25, -0.2) is 8.42 Å². The Hall–Kier alpha value is -2.15. The molecule has 1 aliphatic heterocycles. The molecule has 1 N–H and O–H groups in total. The third-order valence-electron chi connectivity index (χ3n) is 5.01. The van der Waals surface area contributed by atoms with Crippen LogP contribution in [0.1, 0.15) is 41.9 Å². The zero-order chi connectivity index (χ0) is 18.9. The minimum atomic E-state index is -2.97. The van der Waals surface area contributed by atoms with Crippen molar-refractivity contribution in [1.29, 1.82) is 0 Å². The first-order valence-corrected chi connectivity index (χ1v) is 10.7. The van der Waals surface area contributed by atoms with Gasteiger partial charge in [-0.05, 0) is 44.4 Å². The molecule has 7 heteroatoms. The highest BCUT2D eigenvalue weighted by molar-refractivity contribution is 7.91. The van der Waals surface area contributed by atoms with Crippen molar-refractivity contribution in [3.63, 3.8) is 0 Å². The van der Waals surface area contributed by atoms with Crippen LogP contribution in [0, 0.1) is 13.8 Å². The van der Waals surface area contributed by atoms with E-state index in [1.165, 1.54) is 5.56 Å². The summed E-state index contributed by atoms with van der Waals surface area (Å²) in [5, 5.41) is 7.43. The lowest BCUT2D eigenvalue weighted by atomic mass is 10.1. The molecular weight excluding hydrogens is 350 g/mol. The van der Waals surface area contributed by atoms with Gasteiger partial charge in [0.05, 0.1) is 29.7 Å². The predicted molar refractivity (Wildman–Crippen MR) is 102 cm³/mol. The minimum Gasteiger partial charge on any atom is -0.326 e. The molecular formula is C19H25N3O3S. The molecule has 1 unspecified atom stereocenters. The van der Waals surface area contributed by atoms with E-state index in [-0.39, 0.29) is 29.9 Å². The van der Waals surface area contributed by atoms with Crippen molar-refractivity contribution in [1.82, 2.24) is 9.78 Å². The fraction of sp³-hybridized carbons (Fsp3) is 0.474. The van der Waals surface area contributed by atoms with Crippen LogP contribution in [0.15, 0.2) is 24.3 Å². The van der Waals surface area contributed by atoms with E-state index in [9.17, 15) is 13.2 Å². The van der Waals surface area contributed by atoms with Crippen LogP contribution in [0.5, 0.6) is 0 Å². The highest BCUT2D eigenvalue weighted by Gasteiger charge is 2.31. The van der Waals surface area contributed by atoms with Crippen molar-refractivity contribution in [3.05, 3.63) is 46.8 Å². The number of aryl methyl sites for hydroxylation is 2. The highest BCUT2D eigenvalue weighted by atomic mass is 32.2. The number of amides is 1. The lowest BCUT2D eigenvalue weighted by Gasteiger charge is -2.11. The van der Waals surface area contributed by atoms with Crippen LogP contribution in [-0.4, -0.2) is 35.6 Å². The summed E-state index contributed by atoms with van der Waals surface area (Å²) in [4.78, 5) is 12.4. The molecule has 0 saturated carbocycles. The van der Waals surface area contributed by atoms with Gasteiger partial charge in [-0.2, -0.15) is 5.10 Å². The number of nitrogens with zero attached hydrogens (tertiary/aromatic N) is 2. The largest absolute Gasteiger partial charge is 0.326 e. The molecule has 1 atom stereocenters. The molecule has 0 aliphatic carbocycles. The summed E-state index contributed by atoms with van der Waals surface area (Å²) < 4.78 is 25.3. The van der Waals surface area contributed by atoms with Gasteiger partial charge >= 0.3 is 0 Å². The average molecular weight is 375 g/mol. The van der Waals surface area contributed by atoms with Crippen molar-refractivity contribution in [2.75, 3.05) is 16.8 Å². The maximum atomic E-state index is 12.4. The lowest BCUT2D eigenvalue weighted by molar-refractivity contribution is -0.115. The van der Waals surface area contributed by atoms with Crippen LogP contribution in [0.2, 0.25) is 0 Å². The molecule has 1 fully saturated rings. The molecule has 140 valence electrons. The van der Waals surface area contributed by atoms with E-state index in [2.05, 4.69) is 17.3 Å². The van der Waals surface area contributed by atoms with Gasteiger partial charge in [0.25, 0.3) is 0 Å². The first-order valence-electron chi connectivity index (χ1n) is 8.93. The molecule has 0 radical (unpaired) electrons. The third kappa shape index (κ3) is 3.98. The zero-order valence-electron chi connectivity index (χ0n) is 15.4. The molecule has 2 aromatic rings. The zero-order valence-corrected chi connectivity index (χ0v) is 16.3. The second-order valence-corrected chi connectivity index (χ2v) is 9.15. The number of aromatic nitrogens is 2. The molecule has 2 heterocycles. The predicted octanol–water partition coefficient (Wildman–Crippen LogP) is 2.60. The summed E-state index contributed by atoms with van der Waals surface area (Å²) in [5.41, 5.74) is 4.53. The third-order valence-corrected chi connectivity index (χ3v) is 6.76. The molecule has 1 amide bonds. The molecule has 0 spiro atoms. The lowest BCUT2D eigenvalue weighted by Crippen LogP contribution is -2.16. The number of anilines is 1. The Morgan fingerprint density at radius 2 is 1.96 bits per heavy atom. The Balaban J connectivity index is 1.72. The van der Waals surface area contributed by atoms with E-state index in [1.807, 2.05) is 38.1 Å². The smallest absolute Gasteiger partial charge is 0.228 e. The van der Waals surface area contributed by atoms with Crippen molar-refractivity contribution in [3.8, 4) is 0 Å². The summed E-state index contributed by atoms with van der Waals surface area (Å²) in [6, 6.07) is 7.69. The second kappa shape index (κ2) is 7.23. The van der Waals surface area contributed by atoms with Crippen molar-refractivity contribution in [2.45, 2.75) is 46.1 Å². The highest BCUT2D eigenvalue weighted by Crippen LogP contribution is 2.27. The number of benzene rings is 1. The Morgan fingerprint density at radius 3 is 2.54 bits per heavy atom. The fourth-order valence-electron chi connectivity index (χ4n) is 3.47. The van der Waals surface area contributed by atoms with Gasteiger partial charge in [0.1, 0.15) is 0 Å². The Morgan fingerprint density at radius 1 is 1.27 bits per heavy atom. The number of sulfone groups is 1. The SMILES string of the molecule is CCc1ccc(NC(=O)Cc2c(C)nn(C3CCS(=O)(=O)C3)c2C)cc1. The van der Waals surface area contributed by atoms with Gasteiger partial charge in [0.2, 0.25) is 5.91 Å². The van der Waals surface area contributed by atoms with Crippen molar-refractivity contribution in [2.24, 2.45) is 0 Å². The van der Waals surface area contributed by atoms with Gasteiger partial charge < -0.3 is 5.32 Å². The second-order valence-electron chi connectivity index (χ2n) is 6.93. The Bertz CT molecular complexity index is 914. The van der Waals surface area contributed by atoms with Gasteiger partial charge in [-0.1, -0.05) is 19.1 Å². The van der Waals surface area contributed by atoms with Crippen LogP contribution < -0.4 is 5.32 Å². The van der Waals surface area contributed by atoms with Crippen LogP contribution >= 0.6 is 0 Å². The number of nitrogens with one attached hydrogen (secondary N) is 1. The monoisotopic (exact) mass is 375 g/mol. The molecule has 6 nitrogen and oxygen atoms in total. The number of rotatable bonds is 5. The minimum absolute atomic E-state index is 0.0981. The van der Waals surface area contributed by atoms with Crippen molar-refractivity contribution >= 4 is 21.4 Å². The maximum Gasteiger partial charge on any atom is 0.228 e. The molecule has 0 bridgehead atoms. The summed E-state index contributed by atoms with van der Waals surface area (Å²) in [6.45, 7) is 5.86. The number of carbonyl (C=O) groups excluding carboxylic acids is 1. The standard InChI is InChI=1S/C19H25N3O3S/c1-4-15-5-7-16(8-6-15)20-19(23)11-18-13(2)21-22(14(18)3)17-9-10-26(24,25)12-17/h5-8,17H,4,9-12H2,1-3H3,(H,20,23). The molecule has 1 saturated heterocycles. The molecule has 1 aromatic heterocycles. The molecule has 26 heavy (non-hydrogen) atoms. The molecule has 1 aromatic carbocycles. The maximum absolute atomic E-state index is 12.4. The van der Waals surface area contributed by atoms with Gasteiger partial charge in [0, 0.05) is 16.9 Å². The van der Waals surface area contributed by atoms with Gasteiger partial charge in [-0.3, -0.25) is 9.48 Å². The van der Waals surface area contributed by atoms with E-state index in [0.717, 1.165) is 29.1 Å². The fourth-order valence-corrected chi connectivity index (χ4v) is 5.16. The Kier molecular flexibility index (Phi) is 5.18. The van der Waals surface area contributed by atoms with Crippen LogP contribution in [-0.2, 0) is 27.5 Å². The normalized spacial score (nSPS) is 18.8. The quantitative estimate of drug-likeness (QED) is 0.871.